The van der Waals surface area contributed by atoms with Gasteiger partial charge in [0.15, 0.2) is 0 Å². The first kappa shape index (κ1) is 10.9. The number of hydrogen-bond donors (Lipinski definition) is 0. The third-order valence-corrected chi connectivity index (χ3v) is 1.55. The molecule has 0 N–H and O–H groups in total. The summed E-state index contributed by atoms with van der Waals surface area (Å²) in [7, 11) is 0. The van der Waals surface area contributed by atoms with Gasteiger partial charge in [0.1, 0.15) is 0 Å². The zero-order chi connectivity index (χ0) is 9.40. The molecule has 0 saturated carbocycles. The summed E-state index contributed by atoms with van der Waals surface area (Å²) >= 11 is 0. The highest BCUT2D eigenvalue weighted by Crippen LogP contribution is 2.09. The van der Waals surface area contributed by atoms with Gasteiger partial charge in [-0.15, -0.1) is 0 Å². The molecule has 0 aliphatic carbocycles. The Labute approximate surface area is 75.2 Å². The molecule has 0 aliphatic rings. The van der Waals surface area contributed by atoms with Gasteiger partial charge >= 0.3 is 0 Å². The number of nitrogens with zero attached hydrogens (tertiary/aromatic N) is 1. The SMILES string of the molecule is C\C=C/C=C(/N=C\C)C(\C)=C/C. The highest BCUT2D eigenvalue weighted by molar-refractivity contribution is 5.57. The van der Waals surface area contributed by atoms with Crippen LogP contribution in [0, 0.1) is 0 Å². The maximum Gasteiger partial charge on any atom is 0.0651 e. The van der Waals surface area contributed by atoms with Crippen LogP contribution in [0.5, 0.6) is 0 Å². The molecular weight excluding hydrogens is 146 g/mol. The summed E-state index contributed by atoms with van der Waals surface area (Å²) in [4.78, 5) is 4.25. The lowest BCUT2D eigenvalue weighted by Crippen LogP contribution is -1.80. The summed E-state index contributed by atoms with van der Waals surface area (Å²) < 4.78 is 0. The van der Waals surface area contributed by atoms with Crippen LogP contribution in [0.15, 0.2) is 40.6 Å². The fraction of sp³-hybridized carbons (Fsp3) is 0.364. The molecule has 0 fully saturated rings. The van der Waals surface area contributed by atoms with Gasteiger partial charge in [0.2, 0.25) is 0 Å². The van der Waals surface area contributed by atoms with E-state index in [0.717, 1.165) is 5.70 Å². The Bertz CT molecular complexity index is 229. The molecular formula is C11H17N. The van der Waals surface area contributed by atoms with Crippen molar-refractivity contribution in [2.45, 2.75) is 27.7 Å². The Morgan fingerprint density at radius 1 is 1.17 bits per heavy atom. The molecule has 0 spiro atoms. The van der Waals surface area contributed by atoms with Crippen molar-refractivity contribution in [1.82, 2.24) is 0 Å². The predicted molar refractivity (Wildman–Crippen MR) is 56.5 cm³/mol. The molecule has 0 aromatic carbocycles. The van der Waals surface area contributed by atoms with Crippen molar-refractivity contribution in [1.29, 1.82) is 0 Å². The minimum atomic E-state index is 1.03. The standard InChI is InChI=1S/C11H17N/c1-5-8-9-11(12-7-3)10(4)6-2/h5-9H,1-4H3/b8-5-,10-6-,11-9+,12-7-. The van der Waals surface area contributed by atoms with E-state index in [4.69, 9.17) is 0 Å². The van der Waals surface area contributed by atoms with Gasteiger partial charge in [-0.25, -0.2) is 0 Å². The molecule has 0 aliphatic heterocycles. The van der Waals surface area contributed by atoms with E-state index >= 15 is 0 Å². The van der Waals surface area contributed by atoms with Gasteiger partial charge in [-0.3, -0.25) is 4.99 Å². The largest absolute Gasteiger partial charge is 0.261 e. The molecule has 66 valence electrons. The first-order valence-corrected chi connectivity index (χ1v) is 4.21. The second-order valence-corrected chi connectivity index (χ2v) is 2.44. The highest BCUT2D eigenvalue weighted by Gasteiger charge is 1.92. The molecule has 0 aromatic rings. The average Bonchev–Trinajstić information content (AvgIpc) is 2.11. The molecule has 0 heterocycles. The van der Waals surface area contributed by atoms with Gasteiger partial charge in [-0.1, -0.05) is 18.2 Å². The molecule has 0 radical (unpaired) electrons. The molecule has 1 heteroatoms. The molecule has 0 atom stereocenters. The van der Waals surface area contributed by atoms with E-state index < -0.39 is 0 Å². The molecule has 0 unspecified atom stereocenters. The first-order chi connectivity index (χ1) is 5.76. The minimum absolute atomic E-state index is 1.03. The normalized spacial score (nSPS) is 15.0. The molecule has 0 bridgehead atoms. The number of rotatable bonds is 3. The molecule has 0 aromatic heterocycles. The van der Waals surface area contributed by atoms with Crippen LogP contribution < -0.4 is 0 Å². The maximum atomic E-state index is 4.25. The third kappa shape index (κ3) is 3.91. The predicted octanol–water partition coefficient (Wildman–Crippen LogP) is 3.50. The molecule has 0 saturated heterocycles. The molecule has 1 nitrogen and oxygen atoms in total. The van der Waals surface area contributed by atoms with Gasteiger partial charge in [0, 0.05) is 6.21 Å². The fourth-order valence-electron chi connectivity index (χ4n) is 0.751. The lowest BCUT2D eigenvalue weighted by atomic mass is 10.2. The Balaban J connectivity index is 4.66. The molecule has 0 amide bonds. The van der Waals surface area contributed by atoms with Gasteiger partial charge in [0.25, 0.3) is 0 Å². The second kappa shape index (κ2) is 6.59. The van der Waals surface area contributed by atoms with Crippen molar-refractivity contribution < 1.29 is 0 Å². The minimum Gasteiger partial charge on any atom is -0.261 e. The molecule has 12 heavy (non-hydrogen) atoms. The van der Waals surface area contributed by atoms with E-state index in [9.17, 15) is 0 Å². The smallest absolute Gasteiger partial charge is 0.0651 e. The summed E-state index contributed by atoms with van der Waals surface area (Å²) in [6.07, 6.45) is 9.86. The zero-order valence-electron chi connectivity index (χ0n) is 8.33. The molecule has 0 rings (SSSR count). The Hall–Kier alpha value is -1.11. The number of allylic oxidation sites excluding steroid dienone is 5. The lowest BCUT2D eigenvalue weighted by Gasteiger charge is -1.98. The fourth-order valence-corrected chi connectivity index (χ4v) is 0.751. The van der Waals surface area contributed by atoms with E-state index in [0.29, 0.717) is 0 Å². The van der Waals surface area contributed by atoms with Gasteiger partial charge in [-0.2, -0.15) is 0 Å². The number of aliphatic imine (C=N–C) groups is 1. The summed E-state index contributed by atoms with van der Waals surface area (Å²) in [5.74, 6) is 0. The quantitative estimate of drug-likeness (QED) is 0.446. The van der Waals surface area contributed by atoms with Gasteiger partial charge in [-0.05, 0) is 39.3 Å². The summed E-state index contributed by atoms with van der Waals surface area (Å²) in [5, 5.41) is 0. The van der Waals surface area contributed by atoms with Crippen LogP contribution in [0.25, 0.3) is 0 Å². The Kier molecular flexibility index (Phi) is 5.98. The average molecular weight is 163 g/mol. The lowest BCUT2D eigenvalue weighted by molar-refractivity contribution is 1.27. The van der Waals surface area contributed by atoms with E-state index in [1.807, 2.05) is 45.2 Å². The Morgan fingerprint density at radius 2 is 1.83 bits per heavy atom. The zero-order valence-corrected chi connectivity index (χ0v) is 8.33. The van der Waals surface area contributed by atoms with Crippen LogP contribution in [0.4, 0.5) is 0 Å². The van der Waals surface area contributed by atoms with Gasteiger partial charge < -0.3 is 0 Å². The van der Waals surface area contributed by atoms with Crippen LogP contribution >= 0.6 is 0 Å². The van der Waals surface area contributed by atoms with Crippen LogP contribution in [-0.4, -0.2) is 6.21 Å². The van der Waals surface area contributed by atoms with Crippen molar-refractivity contribution in [3.8, 4) is 0 Å². The van der Waals surface area contributed by atoms with Crippen LogP contribution in [0.2, 0.25) is 0 Å². The van der Waals surface area contributed by atoms with Crippen molar-refractivity contribution >= 4 is 6.21 Å². The van der Waals surface area contributed by atoms with Crippen molar-refractivity contribution in [2.24, 2.45) is 4.99 Å². The summed E-state index contributed by atoms with van der Waals surface area (Å²) in [6, 6.07) is 0. The van der Waals surface area contributed by atoms with E-state index in [1.165, 1.54) is 5.57 Å². The first-order valence-electron chi connectivity index (χ1n) is 4.21. The maximum absolute atomic E-state index is 4.25. The van der Waals surface area contributed by atoms with Crippen molar-refractivity contribution in [3.63, 3.8) is 0 Å². The van der Waals surface area contributed by atoms with E-state index in [-0.39, 0.29) is 0 Å². The summed E-state index contributed by atoms with van der Waals surface area (Å²) in [6.45, 7) is 7.99. The van der Waals surface area contributed by atoms with Crippen LogP contribution in [0.1, 0.15) is 27.7 Å². The topological polar surface area (TPSA) is 12.4 Å². The Morgan fingerprint density at radius 3 is 2.25 bits per heavy atom. The van der Waals surface area contributed by atoms with E-state index in [1.54, 1.807) is 0 Å². The van der Waals surface area contributed by atoms with Crippen molar-refractivity contribution in [2.75, 3.05) is 0 Å². The second-order valence-electron chi connectivity index (χ2n) is 2.44. The third-order valence-electron chi connectivity index (χ3n) is 1.55. The van der Waals surface area contributed by atoms with Crippen LogP contribution in [0.3, 0.4) is 0 Å². The number of hydrogen-bond acceptors (Lipinski definition) is 1. The van der Waals surface area contributed by atoms with Crippen LogP contribution in [-0.2, 0) is 0 Å². The van der Waals surface area contributed by atoms with Crippen molar-refractivity contribution in [3.05, 3.63) is 35.6 Å². The highest BCUT2D eigenvalue weighted by atomic mass is 14.7. The monoisotopic (exact) mass is 163 g/mol. The van der Waals surface area contributed by atoms with E-state index in [2.05, 4.69) is 18.0 Å². The summed E-state index contributed by atoms with van der Waals surface area (Å²) in [5.41, 5.74) is 2.23. The van der Waals surface area contributed by atoms with Gasteiger partial charge in [0.05, 0.1) is 5.70 Å².